The van der Waals surface area contributed by atoms with Crippen LogP contribution in [0.5, 0.6) is 0 Å². The van der Waals surface area contributed by atoms with Crippen molar-refractivity contribution in [1.82, 2.24) is 15.2 Å². The quantitative estimate of drug-likeness (QED) is 0.324. The van der Waals surface area contributed by atoms with Crippen molar-refractivity contribution in [3.63, 3.8) is 0 Å². The van der Waals surface area contributed by atoms with E-state index in [2.05, 4.69) is 58.7 Å². The highest BCUT2D eigenvalue weighted by molar-refractivity contribution is 14.0. The average molecular weight is 554 g/mol. The van der Waals surface area contributed by atoms with Gasteiger partial charge < -0.3 is 15.1 Å². The summed E-state index contributed by atoms with van der Waals surface area (Å²) in [7, 11) is 1.84. The van der Waals surface area contributed by atoms with E-state index in [0.29, 0.717) is 30.7 Å². The molecule has 0 bridgehead atoms. The van der Waals surface area contributed by atoms with Crippen LogP contribution < -0.4 is 10.2 Å². The Balaban J connectivity index is 0.00000272. The SMILES string of the molecule is CN=C(NCc1csc(C(C)C)n1)N1CC(CCN2CCCC2=O)c2ccccc21.I. The van der Waals surface area contributed by atoms with E-state index in [0.717, 1.165) is 44.1 Å². The zero-order valence-corrected chi connectivity index (χ0v) is 21.7. The smallest absolute Gasteiger partial charge is 0.222 e. The maximum atomic E-state index is 12.0. The molecule has 168 valence electrons. The van der Waals surface area contributed by atoms with Crippen molar-refractivity contribution in [3.05, 3.63) is 45.9 Å². The van der Waals surface area contributed by atoms with Gasteiger partial charge in [0.2, 0.25) is 5.91 Å². The minimum absolute atomic E-state index is 0. The van der Waals surface area contributed by atoms with Crippen LogP contribution in [-0.2, 0) is 11.3 Å². The minimum atomic E-state index is 0. The predicted octanol–water partition coefficient (Wildman–Crippen LogP) is 4.58. The summed E-state index contributed by atoms with van der Waals surface area (Å²) in [6.45, 7) is 7.65. The Labute approximate surface area is 206 Å². The number of para-hydroxylation sites is 1. The first kappa shape index (κ1) is 24.0. The Bertz CT molecular complexity index is 928. The fourth-order valence-corrected chi connectivity index (χ4v) is 5.16. The molecule has 3 heterocycles. The maximum absolute atomic E-state index is 12.0. The number of carbonyl (C=O) groups excluding carboxylic acids is 1. The number of nitrogens with one attached hydrogen (secondary N) is 1. The van der Waals surface area contributed by atoms with Gasteiger partial charge >= 0.3 is 0 Å². The van der Waals surface area contributed by atoms with Crippen LogP contribution in [0.4, 0.5) is 5.69 Å². The van der Waals surface area contributed by atoms with Crippen LogP contribution in [0.3, 0.4) is 0 Å². The van der Waals surface area contributed by atoms with Gasteiger partial charge in [-0.2, -0.15) is 0 Å². The summed E-state index contributed by atoms with van der Waals surface area (Å²) in [6.07, 6.45) is 2.69. The van der Waals surface area contributed by atoms with Crippen LogP contribution in [0.15, 0.2) is 34.6 Å². The lowest BCUT2D eigenvalue weighted by atomic mass is 9.98. The molecule has 1 saturated heterocycles. The number of aromatic nitrogens is 1. The second kappa shape index (κ2) is 10.8. The summed E-state index contributed by atoms with van der Waals surface area (Å²) in [5, 5.41) is 6.80. The maximum Gasteiger partial charge on any atom is 0.222 e. The highest BCUT2D eigenvalue weighted by Gasteiger charge is 2.32. The summed E-state index contributed by atoms with van der Waals surface area (Å²) >= 11 is 1.72. The second-order valence-corrected chi connectivity index (χ2v) is 9.26. The molecule has 4 rings (SSSR count). The number of rotatable bonds is 6. The lowest BCUT2D eigenvalue weighted by Gasteiger charge is -2.23. The molecule has 6 nitrogen and oxygen atoms in total. The standard InChI is InChI=1S/C23H31N5OS.HI/c1-16(2)22-26-18(15-30-22)13-25-23(24-3)28-14-17(19-7-4-5-8-20(19)28)10-12-27-11-6-9-21(27)29;/h4-5,7-8,15-17H,6,9-14H2,1-3H3,(H,24,25);1H. The van der Waals surface area contributed by atoms with E-state index in [1.165, 1.54) is 16.3 Å². The van der Waals surface area contributed by atoms with Crippen LogP contribution in [0.1, 0.15) is 61.2 Å². The number of carbonyl (C=O) groups is 1. The van der Waals surface area contributed by atoms with Crippen molar-refractivity contribution in [2.24, 2.45) is 4.99 Å². The number of anilines is 1. The molecule has 1 aromatic carbocycles. The molecule has 2 aliphatic rings. The van der Waals surface area contributed by atoms with E-state index in [1.807, 2.05) is 11.9 Å². The van der Waals surface area contributed by atoms with Gasteiger partial charge in [-0.15, -0.1) is 35.3 Å². The molecule has 1 amide bonds. The Morgan fingerprint density at radius 3 is 2.84 bits per heavy atom. The fourth-order valence-electron chi connectivity index (χ4n) is 4.33. The van der Waals surface area contributed by atoms with Crippen LogP contribution in [0.2, 0.25) is 0 Å². The van der Waals surface area contributed by atoms with Gasteiger partial charge in [0.15, 0.2) is 5.96 Å². The molecule has 0 aliphatic carbocycles. The Morgan fingerprint density at radius 2 is 2.16 bits per heavy atom. The van der Waals surface area contributed by atoms with E-state index in [1.54, 1.807) is 11.3 Å². The number of benzene rings is 1. The molecule has 0 saturated carbocycles. The first-order valence-electron chi connectivity index (χ1n) is 10.9. The first-order chi connectivity index (χ1) is 14.6. The van der Waals surface area contributed by atoms with Gasteiger partial charge in [0, 0.05) is 56.0 Å². The number of nitrogens with zero attached hydrogens (tertiary/aromatic N) is 4. The summed E-state index contributed by atoms with van der Waals surface area (Å²) in [4.78, 5) is 25.6. The molecule has 0 spiro atoms. The molecule has 0 radical (unpaired) electrons. The predicted molar refractivity (Wildman–Crippen MR) is 139 cm³/mol. The third-order valence-corrected chi connectivity index (χ3v) is 7.14. The van der Waals surface area contributed by atoms with Gasteiger partial charge in [-0.3, -0.25) is 9.79 Å². The lowest BCUT2D eigenvalue weighted by molar-refractivity contribution is -0.127. The van der Waals surface area contributed by atoms with Crippen molar-refractivity contribution < 1.29 is 4.79 Å². The number of likely N-dealkylation sites (tertiary alicyclic amines) is 1. The Kier molecular flexibility index (Phi) is 8.32. The van der Waals surface area contributed by atoms with E-state index < -0.39 is 0 Å². The summed E-state index contributed by atoms with van der Waals surface area (Å²) in [5.41, 5.74) is 3.62. The summed E-state index contributed by atoms with van der Waals surface area (Å²) in [5.74, 6) is 2.04. The van der Waals surface area contributed by atoms with Gasteiger partial charge in [0.05, 0.1) is 17.2 Å². The zero-order valence-electron chi connectivity index (χ0n) is 18.5. The molecule has 2 aromatic rings. The minimum Gasteiger partial charge on any atom is -0.350 e. The highest BCUT2D eigenvalue weighted by atomic mass is 127. The third-order valence-electron chi connectivity index (χ3n) is 5.95. The molecule has 2 aliphatic heterocycles. The largest absolute Gasteiger partial charge is 0.350 e. The van der Waals surface area contributed by atoms with Crippen molar-refractivity contribution in [1.29, 1.82) is 0 Å². The molecule has 1 aromatic heterocycles. The van der Waals surface area contributed by atoms with Gasteiger partial charge in [0.1, 0.15) is 0 Å². The van der Waals surface area contributed by atoms with Crippen LogP contribution in [0, 0.1) is 0 Å². The average Bonchev–Trinajstić information content (AvgIpc) is 3.46. The molecule has 1 fully saturated rings. The van der Waals surface area contributed by atoms with Gasteiger partial charge in [-0.05, 0) is 24.5 Å². The number of guanidine groups is 1. The van der Waals surface area contributed by atoms with E-state index in [4.69, 9.17) is 4.98 Å². The monoisotopic (exact) mass is 553 g/mol. The molecule has 8 heteroatoms. The molecule has 1 N–H and O–H groups in total. The molecule has 31 heavy (non-hydrogen) atoms. The van der Waals surface area contributed by atoms with Crippen molar-refractivity contribution >= 4 is 52.9 Å². The molecule has 1 atom stereocenters. The van der Waals surface area contributed by atoms with Gasteiger partial charge in [0.25, 0.3) is 0 Å². The van der Waals surface area contributed by atoms with Crippen molar-refractivity contribution in [2.45, 2.75) is 51.5 Å². The number of hydrogen-bond acceptors (Lipinski definition) is 4. The van der Waals surface area contributed by atoms with E-state index in [9.17, 15) is 4.79 Å². The Hall–Kier alpha value is -1.68. The van der Waals surface area contributed by atoms with Crippen LogP contribution in [0.25, 0.3) is 0 Å². The number of aliphatic imine (C=N–C) groups is 1. The van der Waals surface area contributed by atoms with Crippen LogP contribution >= 0.6 is 35.3 Å². The number of thiazole rings is 1. The normalized spacial score (nSPS) is 18.5. The van der Waals surface area contributed by atoms with Crippen molar-refractivity contribution in [3.8, 4) is 0 Å². The van der Waals surface area contributed by atoms with Gasteiger partial charge in [-0.25, -0.2) is 4.98 Å². The number of amides is 1. The van der Waals surface area contributed by atoms with E-state index >= 15 is 0 Å². The molecular formula is C23H32IN5OS. The number of halogens is 1. The third kappa shape index (κ3) is 5.39. The van der Waals surface area contributed by atoms with Gasteiger partial charge in [-0.1, -0.05) is 32.0 Å². The fraction of sp³-hybridized carbons (Fsp3) is 0.522. The van der Waals surface area contributed by atoms with E-state index in [-0.39, 0.29) is 24.0 Å². The molecular weight excluding hydrogens is 521 g/mol. The molecule has 1 unspecified atom stereocenters. The highest BCUT2D eigenvalue weighted by Crippen LogP contribution is 2.38. The number of fused-ring (bicyclic) bond motifs is 1. The second-order valence-electron chi connectivity index (χ2n) is 8.37. The zero-order chi connectivity index (χ0) is 21.1. The van der Waals surface area contributed by atoms with Crippen molar-refractivity contribution in [2.75, 3.05) is 31.6 Å². The Morgan fingerprint density at radius 1 is 1.35 bits per heavy atom. The summed E-state index contributed by atoms with van der Waals surface area (Å²) < 4.78 is 0. The first-order valence-corrected chi connectivity index (χ1v) is 11.7. The topological polar surface area (TPSA) is 60.8 Å². The van der Waals surface area contributed by atoms with Crippen LogP contribution in [-0.4, -0.2) is 48.4 Å². The lowest BCUT2D eigenvalue weighted by Crippen LogP contribution is -2.40. The number of hydrogen-bond donors (Lipinski definition) is 1. The summed E-state index contributed by atoms with van der Waals surface area (Å²) in [6, 6.07) is 8.58.